The van der Waals surface area contributed by atoms with Gasteiger partial charge in [-0.15, -0.1) is 11.3 Å². The molecule has 3 nitrogen and oxygen atoms in total. The third-order valence-electron chi connectivity index (χ3n) is 3.24. The third kappa shape index (κ3) is 2.31. The van der Waals surface area contributed by atoms with E-state index in [-0.39, 0.29) is 11.3 Å². The molecule has 88 valence electrons. The molecule has 0 radical (unpaired) electrons. The van der Waals surface area contributed by atoms with Crippen molar-refractivity contribution in [2.75, 3.05) is 6.54 Å². The number of carbonyl (C=O) groups excluding carboxylic acids is 1. The molecule has 1 amide bonds. The fraction of sp³-hybridized carbons (Fsp3) is 0.545. The molecule has 0 atom stereocenters. The summed E-state index contributed by atoms with van der Waals surface area (Å²) < 4.78 is 1.09. The maximum Gasteiger partial charge on any atom is 0.227 e. The van der Waals surface area contributed by atoms with Gasteiger partial charge in [0.05, 0.1) is 15.7 Å². The highest BCUT2D eigenvalue weighted by atomic mass is 79.9. The predicted molar refractivity (Wildman–Crippen MR) is 69.2 cm³/mol. The van der Waals surface area contributed by atoms with Gasteiger partial charge in [0, 0.05) is 11.4 Å². The molecule has 1 saturated carbocycles. The van der Waals surface area contributed by atoms with Gasteiger partial charge in [-0.2, -0.15) is 0 Å². The molecule has 0 spiro atoms. The van der Waals surface area contributed by atoms with Gasteiger partial charge in [-0.25, -0.2) is 0 Å². The molecule has 1 fully saturated rings. The summed E-state index contributed by atoms with van der Waals surface area (Å²) >= 11 is 5.05. The van der Waals surface area contributed by atoms with E-state index in [2.05, 4.69) is 21.2 Å². The monoisotopic (exact) mass is 302 g/mol. The Kier molecular flexibility index (Phi) is 3.66. The quantitative estimate of drug-likeness (QED) is 0.896. The van der Waals surface area contributed by atoms with Crippen LogP contribution in [0.25, 0.3) is 0 Å². The molecule has 3 N–H and O–H groups in total. The Hall–Kier alpha value is -0.390. The molecular formula is C11H15BrN2OS. The molecule has 5 heteroatoms. The van der Waals surface area contributed by atoms with Crippen molar-refractivity contribution in [3.05, 3.63) is 20.8 Å². The molecule has 0 unspecified atom stereocenters. The molecule has 1 aliphatic rings. The molecule has 0 saturated heterocycles. The number of halogens is 1. The van der Waals surface area contributed by atoms with E-state index in [0.717, 1.165) is 27.9 Å². The van der Waals surface area contributed by atoms with Gasteiger partial charge in [-0.3, -0.25) is 4.79 Å². The lowest BCUT2D eigenvalue weighted by atomic mass is 9.68. The van der Waals surface area contributed by atoms with Gasteiger partial charge < -0.3 is 11.1 Å². The van der Waals surface area contributed by atoms with Gasteiger partial charge in [0.2, 0.25) is 5.91 Å². The van der Waals surface area contributed by atoms with E-state index in [4.69, 9.17) is 5.73 Å². The van der Waals surface area contributed by atoms with Crippen LogP contribution in [-0.2, 0) is 11.3 Å². The van der Waals surface area contributed by atoms with Gasteiger partial charge in [-0.05, 0) is 40.9 Å². The zero-order valence-corrected chi connectivity index (χ0v) is 11.4. The fourth-order valence-corrected chi connectivity index (χ4v) is 3.35. The normalized spacial score (nSPS) is 17.9. The minimum absolute atomic E-state index is 0.116. The van der Waals surface area contributed by atoms with Crippen molar-refractivity contribution in [1.82, 2.24) is 5.32 Å². The van der Waals surface area contributed by atoms with Crippen LogP contribution in [0.5, 0.6) is 0 Å². The Morgan fingerprint density at radius 2 is 2.31 bits per heavy atom. The number of nitrogens with one attached hydrogen (secondary N) is 1. The van der Waals surface area contributed by atoms with Gasteiger partial charge in [0.15, 0.2) is 0 Å². The first-order chi connectivity index (χ1) is 7.66. The summed E-state index contributed by atoms with van der Waals surface area (Å²) in [7, 11) is 0. The minimum atomic E-state index is -0.269. The average molecular weight is 303 g/mol. The Morgan fingerprint density at radius 1 is 1.56 bits per heavy atom. The Labute approximate surface area is 108 Å². The number of hydrogen-bond donors (Lipinski definition) is 2. The van der Waals surface area contributed by atoms with Crippen molar-refractivity contribution in [3.63, 3.8) is 0 Å². The maximum absolute atomic E-state index is 12.0. The SMILES string of the molecule is NCC1(C(=O)NCc2ccc(Br)s2)CCC1. The highest BCUT2D eigenvalue weighted by molar-refractivity contribution is 9.11. The van der Waals surface area contributed by atoms with Crippen molar-refractivity contribution in [2.45, 2.75) is 25.8 Å². The van der Waals surface area contributed by atoms with Crippen molar-refractivity contribution >= 4 is 33.2 Å². The van der Waals surface area contributed by atoms with E-state index in [1.165, 1.54) is 0 Å². The maximum atomic E-state index is 12.0. The molecule has 2 rings (SSSR count). The summed E-state index contributed by atoms with van der Waals surface area (Å²) in [4.78, 5) is 13.1. The van der Waals surface area contributed by atoms with Crippen molar-refractivity contribution in [2.24, 2.45) is 11.1 Å². The summed E-state index contributed by atoms with van der Waals surface area (Å²) in [6.07, 6.45) is 2.99. The van der Waals surface area contributed by atoms with E-state index in [0.29, 0.717) is 13.1 Å². The van der Waals surface area contributed by atoms with Crippen LogP contribution in [0.4, 0.5) is 0 Å². The van der Waals surface area contributed by atoms with Crippen molar-refractivity contribution in [1.29, 1.82) is 0 Å². The topological polar surface area (TPSA) is 55.1 Å². The van der Waals surface area contributed by atoms with E-state index < -0.39 is 0 Å². The summed E-state index contributed by atoms with van der Waals surface area (Å²) in [5.74, 6) is 0.116. The second-order valence-electron chi connectivity index (χ2n) is 4.23. The second kappa shape index (κ2) is 4.85. The molecule has 0 aliphatic heterocycles. The third-order valence-corrected chi connectivity index (χ3v) is 4.86. The Bertz CT molecular complexity index is 382. The molecular weight excluding hydrogens is 288 g/mol. The smallest absolute Gasteiger partial charge is 0.227 e. The number of thiophene rings is 1. The molecule has 1 aliphatic carbocycles. The Balaban J connectivity index is 1.88. The first-order valence-corrected chi connectivity index (χ1v) is 7.00. The predicted octanol–water partition coefficient (Wildman–Crippen LogP) is 2.26. The lowest BCUT2D eigenvalue weighted by Crippen LogP contribution is -2.50. The van der Waals surface area contributed by atoms with Crippen LogP contribution in [-0.4, -0.2) is 12.5 Å². The first kappa shape index (κ1) is 12.1. The summed E-state index contributed by atoms with van der Waals surface area (Å²) in [5.41, 5.74) is 5.41. The van der Waals surface area contributed by atoms with E-state index >= 15 is 0 Å². The fourth-order valence-electron chi connectivity index (χ4n) is 1.93. The molecule has 1 heterocycles. The van der Waals surface area contributed by atoms with Crippen LogP contribution in [0.15, 0.2) is 15.9 Å². The molecule has 16 heavy (non-hydrogen) atoms. The zero-order valence-electron chi connectivity index (χ0n) is 8.96. The first-order valence-electron chi connectivity index (χ1n) is 5.39. The highest BCUT2D eigenvalue weighted by Crippen LogP contribution is 2.40. The number of hydrogen-bond acceptors (Lipinski definition) is 3. The van der Waals surface area contributed by atoms with Gasteiger partial charge in [0.25, 0.3) is 0 Å². The molecule has 1 aromatic heterocycles. The molecule has 1 aromatic rings. The summed E-state index contributed by atoms with van der Waals surface area (Å²) in [6.45, 7) is 1.07. The number of nitrogens with two attached hydrogens (primary N) is 1. The van der Waals surface area contributed by atoms with E-state index in [9.17, 15) is 4.79 Å². The molecule has 0 aromatic carbocycles. The highest BCUT2D eigenvalue weighted by Gasteiger charge is 2.42. The van der Waals surface area contributed by atoms with Crippen LogP contribution >= 0.6 is 27.3 Å². The lowest BCUT2D eigenvalue weighted by Gasteiger charge is -2.39. The van der Waals surface area contributed by atoms with Crippen LogP contribution in [0, 0.1) is 5.41 Å². The standard InChI is InChI=1S/C11H15BrN2OS/c12-9-3-2-8(16-9)6-14-10(15)11(7-13)4-1-5-11/h2-3H,1,4-7,13H2,(H,14,15). The summed E-state index contributed by atoms with van der Waals surface area (Å²) in [6, 6.07) is 4.01. The lowest BCUT2D eigenvalue weighted by molar-refractivity contribution is -0.135. The van der Waals surface area contributed by atoms with E-state index in [1.54, 1.807) is 11.3 Å². The van der Waals surface area contributed by atoms with Crippen LogP contribution < -0.4 is 11.1 Å². The van der Waals surface area contributed by atoms with Crippen LogP contribution in [0.1, 0.15) is 24.1 Å². The van der Waals surface area contributed by atoms with Crippen molar-refractivity contribution < 1.29 is 4.79 Å². The molecule has 0 bridgehead atoms. The number of carbonyl (C=O) groups is 1. The van der Waals surface area contributed by atoms with Gasteiger partial charge in [-0.1, -0.05) is 6.42 Å². The van der Waals surface area contributed by atoms with Gasteiger partial charge >= 0.3 is 0 Å². The minimum Gasteiger partial charge on any atom is -0.351 e. The van der Waals surface area contributed by atoms with E-state index in [1.807, 2.05) is 12.1 Å². The largest absolute Gasteiger partial charge is 0.351 e. The number of rotatable bonds is 4. The average Bonchev–Trinajstić information content (AvgIpc) is 2.60. The zero-order chi connectivity index (χ0) is 11.6. The van der Waals surface area contributed by atoms with Gasteiger partial charge in [0.1, 0.15) is 0 Å². The number of amides is 1. The van der Waals surface area contributed by atoms with Crippen molar-refractivity contribution in [3.8, 4) is 0 Å². The Morgan fingerprint density at radius 3 is 2.75 bits per heavy atom. The second-order valence-corrected chi connectivity index (χ2v) is 6.77. The van der Waals surface area contributed by atoms with Crippen LogP contribution in [0.3, 0.4) is 0 Å². The summed E-state index contributed by atoms with van der Waals surface area (Å²) in [5, 5.41) is 2.98. The van der Waals surface area contributed by atoms with Crippen LogP contribution in [0.2, 0.25) is 0 Å².